The summed E-state index contributed by atoms with van der Waals surface area (Å²) in [6.45, 7) is 0.343. The molecule has 1 heterocycles. The van der Waals surface area contributed by atoms with Gasteiger partial charge in [0.2, 0.25) is 17.6 Å². The van der Waals surface area contributed by atoms with Crippen LogP contribution in [0.5, 0.6) is 0 Å². The molecule has 1 aromatic carbocycles. The summed E-state index contributed by atoms with van der Waals surface area (Å²) in [4.78, 5) is 18.5. The predicted octanol–water partition coefficient (Wildman–Crippen LogP) is 3.93. The van der Waals surface area contributed by atoms with E-state index in [1.807, 2.05) is 12.1 Å². The highest BCUT2D eigenvalue weighted by atomic mass is 35.5. The largest absolute Gasteiger partial charge is 0.337 e. The van der Waals surface area contributed by atoms with Crippen molar-refractivity contribution in [3.8, 4) is 11.4 Å². The third-order valence-corrected chi connectivity index (χ3v) is 4.53. The molecule has 1 aliphatic carbocycles. The molecule has 0 bridgehead atoms. The zero-order valence-electron chi connectivity index (χ0n) is 13.2. The summed E-state index contributed by atoms with van der Waals surface area (Å²) in [5, 5.41) is 4.64. The second kappa shape index (κ2) is 7.13. The fourth-order valence-electron chi connectivity index (χ4n) is 2.98. The molecule has 1 fully saturated rings. The molecule has 0 atom stereocenters. The van der Waals surface area contributed by atoms with E-state index in [4.69, 9.17) is 16.1 Å². The topological polar surface area (TPSA) is 59.2 Å². The van der Waals surface area contributed by atoms with E-state index in [1.54, 1.807) is 24.1 Å². The van der Waals surface area contributed by atoms with Crippen molar-refractivity contribution < 1.29 is 9.32 Å². The highest BCUT2D eigenvalue weighted by Gasteiger charge is 2.25. The monoisotopic (exact) mass is 333 g/mol. The standard InChI is InChI=1S/C17H20ClN3O2/c1-21(17(22)13-5-3-2-4-6-13)11-15-19-16(20-23-15)12-7-9-14(18)10-8-12/h7-10,13H,2-6,11H2,1H3. The van der Waals surface area contributed by atoms with Crippen molar-refractivity contribution in [3.63, 3.8) is 0 Å². The second-order valence-corrected chi connectivity index (χ2v) is 6.48. The van der Waals surface area contributed by atoms with Crippen LogP contribution in [0.15, 0.2) is 28.8 Å². The number of carbonyl (C=O) groups excluding carboxylic acids is 1. The smallest absolute Gasteiger partial charge is 0.246 e. The van der Waals surface area contributed by atoms with Gasteiger partial charge in [0, 0.05) is 23.6 Å². The second-order valence-electron chi connectivity index (χ2n) is 6.05. The van der Waals surface area contributed by atoms with Gasteiger partial charge in [0.15, 0.2) is 0 Å². The predicted molar refractivity (Wildman–Crippen MR) is 87.8 cm³/mol. The Balaban J connectivity index is 1.64. The van der Waals surface area contributed by atoms with Crippen molar-refractivity contribution in [3.05, 3.63) is 35.2 Å². The molecule has 0 spiro atoms. The Morgan fingerprint density at radius 1 is 1.26 bits per heavy atom. The lowest BCUT2D eigenvalue weighted by Crippen LogP contribution is -2.33. The summed E-state index contributed by atoms with van der Waals surface area (Å²) in [6.07, 6.45) is 5.50. The molecule has 0 saturated heterocycles. The normalized spacial score (nSPS) is 15.6. The Morgan fingerprint density at radius 3 is 2.65 bits per heavy atom. The van der Waals surface area contributed by atoms with E-state index in [9.17, 15) is 4.79 Å². The summed E-state index contributed by atoms with van der Waals surface area (Å²) >= 11 is 5.87. The fourth-order valence-corrected chi connectivity index (χ4v) is 3.10. The number of halogens is 1. The minimum atomic E-state index is 0.146. The van der Waals surface area contributed by atoms with Gasteiger partial charge < -0.3 is 9.42 Å². The molecular formula is C17H20ClN3O2. The quantitative estimate of drug-likeness (QED) is 0.850. The summed E-state index contributed by atoms with van der Waals surface area (Å²) < 4.78 is 5.27. The van der Waals surface area contributed by atoms with Crippen molar-refractivity contribution in [1.82, 2.24) is 15.0 Å². The van der Waals surface area contributed by atoms with Crippen LogP contribution in [0.4, 0.5) is 0 Å². The summed E-state index contributed by atoms with van der Waals surface area (Å²) in [7, 11) is 1.79. The summed E-state index contributed by atoms with van der Waals surface area (Å²) in [6, 6.07) is 7.25. The first-order valence-corrected chi connectivity index (χ1v) is 8.35. The van der Waals surface area contributed by atoms with E-state index in [0.29, 0.717) is 23.3 Å². The molecule has 122 valence electrons. The number of hydrogen-bond donors (Lipinski definition) is 0. The maximum Gasteiger partial charge on any atom is 0.246 e. The number of hydrogen-bond acceptors (Lipinski definition) is 4. The Hall–Kier alpha value is -1.88. The van der Waals surface area contributed by atoms with Crippen molar-refractivity contribution >= 4 is 17.5 Å². The minimum Gasteiger partial charge on any atom is -0.337 e. The van der Waals surface area contributed by atoms with Crippen molar-refractivity contribution in [2.75, 3.05) is 7.05 Å². The van der Waals surface area contributed by atoms with Gasteiger partial charge in [-0.05, 0) is 37.1 Å². The summed E-state index contributed by atoms with van der Waals surface area (Å²) in [5.41, 5.74) is 0.839. The molecule has 2 aromatic rings. The van der Waals surface area contributed by atoms with Gasteiger partial charge in [-0.3, -0.25) is 4.79 Å². The van der Waals surface area contributed by atoms with E-state index in [0.717, 1.165) is 31.2 Å². The third-order valence-electron chi connectivity index (χ3n) is 4.27. The maximum absolute atomic E-state index is 12.4. The lowest BCUT2D eigenvalue weighted by atomic mass is 9.88. The van der Waals surface area contributed by atoms with Gasteiger partial charge in [-0.1, -0.05) is 36.0 Å². The van der Waals surface area contributed by atoms with Gasteiger partial charge in [0.05, 0.1) is 6.54 Å². The van der Waals surface area contributed by atoms with Gasteiger partial charge in [0.1, 0.15) is 0 Å². The SMILES string of the molecule is CN(Cc1nc(-c2ccc(Cl)cc2)no1)C(=O)C1CCCCC1. The number of benzene rings is 1. The zero-order valence-corrected chi connectivity index (χ0v) is 13.9. The molecule has 6 heteroatoms. The molecular weight excluding hydrogens is 314 g/mol. The lowest BCUT2D eigenvalue weighted by Gasteiger charge is -2.25. The van der Waals surface area contributed by atoms with Crippen molar-refractivity contribution in [1.29, 1.82) is 0 Å². The molecule has 23 heavy (non-hydrogen) atoms. The van der Waals surface area contributed by atoms with Gasteiger partial charge in [-0.2, -0.15) is 4.98 Å². The molecule has 5 nitrogen and oxygen atoms in total. The highest BCUT2D eigenvalue weighted by molar-refractivity contribution is 6.30. The number of nitrogens with zero attached hydrogens (tertiary/aromatic N) is 3. The van der Waals surface area contributed by atoms with Crippen LogP contribution in [-0.2, 0) is 11.3 Å². The number of carbonyl (C=O) groups is 1. The number of amides is 1. The van der Waals surface area contributed by atoms with Crippen LogP contribution >= 0.6 is 11.6 Å². The minimum absolute atomic E-state index is 0.146. The van der Waals surface area contributed by atoms with E-state index in [-0.39, 0.29) is 11.8 Å². The molecule has 0 radical (unpaired) electrons. The maximum atomic E-state index is 12.4. The average molecular weight is 334 g/mol. The lowest BCUT2D eigenvalue weighted by molar-refractivity contribution is -0.136. The van der Waals surface area contributed by atoms with Crippen LogP contribution in [0.1, 0.15) is 38.0 Å². The highest BCUT2D eigenvalue weighted by Crippen LogP contribution is 2.25. The van der Waals surface area contributed by atoms with Crippen LogP contribution < -0.4 is 0 Å². The third kappa shape index (κ3) is 3.91. The van der Waals surface area contributed by atoms with Crippen LogP contribution in [-0.4, -0.2) is 28.0 Å². The molecule has 1 saturated carbocycles. The molecule has 1 amide bonds. The Labute approximate surface area is 140 Å². The Bertz CT molecular complexity index is 663. The van der Waals surface area contributed by atoms with Crippen LogP contribution in [0, 0.1) is 5.92 Å². The number of aromatic nitrogens is 2. The first-order chi connectivity index (χ1) is 11.1. The van der Waals surface area contributed by atoms with Crippen molar-refractivity contribution in [2.24, 2.45) is 5.92 Å². The first kappa shape index (κ1) is 16.0. The van der Waals surface area contributed by atoms with Crippen molar-refractivity contribution in [2.45, 2.75) is 38.6 Å². The van der Waals surface area contributed by atoms with Crippen LogP contribution in [0.25, 0.3) is 11.4 Å². The van der Waals surface area contributed by atoms with Gasteiger partial charge in [0.25, 0.3) is 0 Å². The van der Waals surface area contributed by atoms with Gasteiger partial charge >= 0.3 is 0 Å². The van der Waals surface area contributed by atoms with E-state index in [1.165, 1.54) is 6.42 Å². The van der Waals surface area contributed by atoms with Gasteiger partial charge in [-0.25, -0.2) is 0 Å². The molecule has 0 N–H and O–H groups in total. The van der Waals surface area contributed by atoms with E-state index in [2.05, 4.69) is 10.1 Å². The molecule has 3 rings (SSSR count). The van der Waals surface area contributed by atoms with E-state index >= 15 is 0 Å². The molecule has 0 aliphatic heterocycles. The van der Waals surface area contributed by atoms with Gasteiger partial charge in [-0.15, -0.1) is 0 Å². The molecule has 0 unspecified atom stereocenters. The van der Waals surface area contributed by atoms with Crippen LogP contribution in [0.3, 0.4) is 0 Å². The first-order valence-electron chi connectivity index (χ1n) is 7.97. The number of rotatable bonds is 4. The Morgan fingerprint density at radius 2 is 1.96 bits per heavy atom. The Kier molecular flexibility index (Phi) is 4.96. The molecule has 1 aromatic heterocycles. The van der Waals surface area contributed by atoms with E-state index < -0.39 is 0 Å². The average Bonchev–Trinajstić information content (AvgIpc) is 3.04. The van der Waals surface area contributed by atoms with Crippen LogP contribution in [0.2, 0.25) is 5.02 Å². The zero-order chi connectivity index (χ0) is 16.2. The fraction of sp³-hybridized carbons (Fsp3) is 0.471. The molecule has 1 aliphatic rings. The summed E-state index contributed by atoms with van der Waals surface area (Å²) in [5.74, 6) is 1.28.